The van der Waals surface area contributed by atoms with Gasteiger partial charge in [0.05, 0.1) is 11.1 Å². The Morgan fingerprint density at radius 2 is 2.24 bits per heavy atom. The summed E-state index contributed by atoms with van der Waals surface area (Å²) < 4.78 is 1.51. The number of nitrogens with one attached hydrogen (secondary N) is 1. The van der Waals surface area contributed by atoms with Gasteiger partial charge < -0.3 is 10.4 Å². The summed E-state index contributed by atoms with van der Waals surface area (Å²) in [6.45, 7) is 1.60. The van der Waals surface area contributed by atoms with Crippen LogP contribution < -0.4 is 5.32 Å². The maximum Gasteiger partial charge on any atom is 0.330 e. The number of nitrogens with zero attached hydrogens (tertiary/aromatic N) is 3. The van der Waals surface area contributed by atoms with Gasteiger partial charge in [0.1, 0.15) is 0 Å². The van der Waals surface area contributed by atoms with Crippen LogP contribution in [0.15, 0.2) is 30.6 Å². The van der Waals surface area contributed by atoms with Crippen LogP contribution in [0.4, 0.5) is 11.4 Å². The molecule has 0 fully saturated rings. The van der Waals surface area contributed by atoms with Crippen molar-refractivity contribution in [3.63, 3.8) is 0 Å². The lowest BCUT2D eigenvalue weighted by Crippen LogP contribution is -2.20. The van der Waals surface area contributed by atoms with E-state index in [1.54, 1.807) is 26.2 Å². The Kier molecular flexibility index (Phi) is 3.88. The first kappa shape index (κ1) is 14.5. The van der Waals surface area contributed by atoms with Crippen molar-refractivity contribution in [2.75, 3.05) is 5.32 Å². The first-order valence-corrected chi connectivity index (χ1v) is 6.11. The summed E-state index contributed by atoms with van der Waals surface area (Å²) in [5.41, 5.74) is 1.45. The summed E-state index contributed by atoms with van der Waals surface area (Å²) in [7, 11) is 1.69. The zero-order chi connectivity index (χ0) is 15.6. The van der Waals surface area contributed by atoms with Gasteiger partial charge in [-0.2, -0.15) is 5.10 Å². The van der Waals surface area contributed by atoms with Gasteiger partial charge in [0, 0.05) is 36.1 Å². The lowest BCUT2D eigenvalue weighted by molar-refractivity contribution is -0.385. The molecule has 0 aliphatic rings. The van der Waals surface area contributed by atoms with Crippen molar-refractivity contribution < 1.29 is 14.8 Å². The van der Waals surface area contributed by atoms with Gasteiger partial charge >= 0.3 is 5.97 Å². The fourth-order valence-electron chi connectivity index (χ4n) is 1.99. The smallest absolute Gasteiger partial charge is 0.330 e. The molecular weight excluding hydrogens is 276 g/mol. The van der Waals surface area contributed by atoms with Crippen LogP contribution in [0, 0.1) is 17.0 Å². The number of hydrogen-bond donors (Lipinski definition) is 2. The largest absolute Gasteiger partial charge is 0.479 e. The van der Waals surface area contributed by atoms with Crippen LogP contribution in [-0.2, 0) is 11.8 Å². The summed E-state index contributed by atoms with van der Waals surface area (Å²) in [5.74, 6) is -1.06. The van der Waals surface area contributed by atoms with Gasteiger partial charge in [0.2, 0.25) is 0 Å². The molecule has 0 spiro atoms. The molecule has 0 saturated carbocycles. The Bertz CT molecular complexity index is 695. The molecule has 0 bridgehead atoms. The molecule has 1 heterocycles. The molecule has 8 heteroatoms. The number of benzene rings is 1. The Morgan fingerprint density at radius 3 is 2.71 bits per heavy atom. The zero-order valence-corrected chi connectivity index (χ0v) is 11.5. The van der Waals surface area contributed by atoms with Crippen molar-refractivity contribution in [3.05, 3.63) is 51.8 Å². The van der Waals surface area contributed by atoms with E-state index < -0.39 is 16.9 Å². The molecule has 1 aromatic heterocycles. The zero-order valence-electron chi connectivity index (χ0n) is 11.5. The van der Waals surface area contributed by atoms with Crippen molar-refractivity contribution in [3.8, 4) is 0 Å². The van der Waals surface area contributed by atoms with E-state index in [0.29, 0.717) is 16.8 Å². The number of aromatic nitrogens is 2. The fourth-order valence-corrected chi connectivity index (χ4v) is 1.99. The van der Waals surface area contributed by atoms with E-state index in [9.17, 15) is 20.0 Å². The fraction of sp³-hybridized carbons (Fsp3) is 0.231. The van der Waals surface area contributed by atoms with Crippen LogP contribution in [0.25, 0.3) is 0 Å². The second-order valence-corrected chi connectivity index (χ2v) is 4.62. The lowest BCUT2D eigenvalue weighted by Gasteiger charge is -2.14. The van der Waals surface area contributed by atoms with Gasteiger partial charge in [0.15, 0.2) is 6.04 Å². The Hall–Kier alpha value is -2.90. The molecule has 0 aliphatic carbocycles. The van der Waals surface area contributed by atoms with Crippen LogP contribution in [0.1, 0.15) is 17.2 Å². The van der Waals surface area contributed by atoms with E-state index in [-0.39, 0.29) is 5.69 Å². The van der Waals surface area contributed by atoms with Gasteiger partial charge in [-0.1, -0.05) is 0 Å². The van der Waals surface area contributed by atoms with Gasteiger partial charge in [-0.3, -0.25) is 14.8 Å². The first-order chi connectivity index (χ1) is 9.88. The molecule has 0 saturated heterocycles. The molecule has 1 atom stereocenters. The third kappa shape index (κ3) is 3.16. The lowest BCUT2D eigenvalue weighted by atomic mass is 10.1. The predicted octanol–water partition coefficient (Wildman–Crippen LogP) is 1.87. The number of anilines is 1. The highest BCUT2D eigenvalue weighted by molar-refractivity contribution is 5.79. The van der Waals surface area contributed by atoms with Crippen molar-refractivity contribution in [2.24, 2.45) is 7.05 Å². The summed E-state index contributed by atoms with van der Waals surface area (Å²) in [6, 6.07) is 3.40. The van der Waals surface area contributed by atoms with Crippen LogP contribution in [0.2, 0.25) is 0 Å². The SMILES string of the molecule is Cc1cc(NC(C(=O)O)c2cnn(C)c2)ccc1[N+](=O)[O-]. The summed E-state index contributed by atoms with van der Waals surface area (Å²) >= 11 is 0. The van der Waals surface area contributed by atoms with E-state index in [4.69, 9.17) is 0 Å². The molecule has 1 unspecified atom stereocenters. The Labute approximate surface area is 120 Å². The summed E-state index contributed by atoms with van der Waals surface area (Å²) in [6.07, 6.45) is 3.06. The van der Waals surface area contributed by atoms with Gasteiger partial charge in [0.25, 0.3) is 5.69 Å². The van der Waals surface area contributed by atoms with E-state index >= 15 is 0 Å². The summed E-state index contributed by atoms with van der Waals surface area (Å²) in [5, 5.41) is 26.8. The van der Waals surface area contributed by atoms with Crippen molar-refractivity contribution >= 4 is 17.3 Å². The number of carboxylic acids is 1. The van der Waals surface area contributed by atoms with E-state index in [1.165, 1.54) is 23.0 Å². The number of nitro benzene ring substituents is 1. The predicted molar refractivity (Wildman–Crippen MR) is 75.0 cm³/mol. The third-order valence-corrected chi connectivity index (χ3v) is 3.01. The maximum absolute atomic E-state index is 11.4. The van der Waals surface area contributed by atoms with Crippen molar-refractivity contribution in [1.82, 2.24) is 9.78 Å². The summed E-state index contributed by atoms with van der Waals surface area (Å²) in [4.78, 5) is 21.7. The molecule has 2 N–H and O–H groups in total. The number of aliphatic carboxylic acids is 1. The quantitative estimate of drug-likeness (QED) is 0.642. The maximum atomic E-state index is 11.4. The molecule has 1 aromatic carbocycles. The average Bonchev–Trinajstić information content (AvgIpc) is 2.81. The monoisotopic (exact) mass is 290 g/mol. The minimum atomic E-state index is -1.06. The molecule has 0 radical (unpaired) electrons. The minimum absolute atomic E-state index is 0.00574. The number of carbonyl (C=O) groups is 1. The Balaban J connectivity index is 2.28. The highest BCUT2D eigenvalue weighted by Gasteiger charge is 2.22. The van der Waals surface area contributed by atoms with Gasteiger partial charge in [-0.15, -0.1) is 0 Å². The van der Waals surface area contributed by atoms with Crippen LogP contribution >= 0.6 is 0 Å². The van der Waals surface area contributed by atoms with Gasteiger partial charge in [-0.05, 0) is 19.1 Å². The molecular formula is C13H14N4O4. The average molecular weight is 290 g/mol. The number of rotatable bonds is 5. The van der Waals surface area contributed by atoms with Crippen molar-refractivity contribution in [1.29, 1.82) is 0 Å². The normalized spacial score (nSPS) is 11.9. The first-order valence-electron chi connectivity index (χ1n) is 6.11. The van der Waals surface area contributed by atoms with Crippen LogP contribution in [-0.4, -0.2) is 25.8 Å². The molecule has 0 amide bonds. The number of aryl methyl sites for hydroxylation is 2. The molecule has 21 heavy (non-hydrogen) atoms. The number of nitro groups is 1. The number of hydrogen-bond acceptors (Lipinski definition) is 5. The van der Waals surface area contributed by atoms with Crippen molar-refractivity contribution in [2.45, 2.75) is 13.0 Å². The third-order valence-electron chi connectivity index (χ3n) is 3.01. The topological polar surface area (TPSA) is 110 Å². The molecule has 2 rings (SSSR count). The number of carboxylic acid groups (broad SMARTS) is 1. The van der Waals surface area contributed by atoms with Crippen LogP contribution in [0.5, 0.6) is 0 Å². The highest BCUT2D eigenvalue weighted by atomic mass is 16.6. The standard InChI is InChI=1S/C13H14N4O4/c1-8-5-10(3-4-11(8)17(20)21)15-12(13(18)19)9-6-14-16(2)7-9/h3-7,12,15H,1-2H3,(H,18,19). The Morgan fingerprint density at radius 1 is 1.52 bits per heavy atom. The van der Waals surface area contributed by atoms with Crippen LogP contribution in [0.3, 0.4) is 0 Å². The molecule has 110 valence electrons. The van der Waals surface area contributed by atoms with E-state index in [1.807, 2.05) is 0 Å². The minimum Gasteiger partial charge on any atom is -0.479 e. The second kappa shape index (κ2) is 5.61. The molecule has 2 aromatic rings. The molecule has 0 aliphatic heterocycles. The van der Waals surface area contributed by atoms with Gasteiger partial charge in [-0.25, -0.2) is 4.79 Å². The second-order valence-electron chi connectivity index (χ2n) is 4.62. The van der Waals surface area contributed by atoms with E-state index in [0.717, 1.165) is 0 Å². The molecule has 8 nitrogen and oxygen atoms in total. The van der Waals surface area contributed by atoms with E-state index in [2.05, 4.69) is 10.4 Å². The highest BCUT2D eigenvalue weighted by Crippen LogP contribution is 2.25.